The molecule has 1 aliphatic heterocycles. The van der Waals surface area contributed by atoms with Crippen molar-refractivity contribution < 1.29 is 9.15 Å². The molecule has 0 amide bonds. The summed E-state index contributed by atoms with van der Waals surface area (Å²) in [5.74, 6) is 1.43. The van der Waals surface area contributed by atoms with Crippen LogP contribution in [0.1, 0.15) is 23.7 Å². The van der Waals surface area contributed by atoms with Gasteiger partial charge < -0.3 is 19.8 Å². The van der Waals surface area contributed by atoms with Crippen LogP contribution in [0.3, 0.4) is 0 Å². The van der Waals surface area contributed by atoms with Gasteiger partial charge in [-0.05, 0) is 29.5 Å². The van der Waals surface area contributed by atoms with Crippen LogP contribution in [0.4, 0.5) is 0 Å². The van der Waals surface area contributed by atoms with Gasteiger partial charge in [-0.25, -0.2) is 9.98 Å². The molecule has 0 bridgehead atoms. The molecule has 164 valence electrons. The highest BCUT2D eigenvalue weighted by Gasteiger charge is 2.13. The predicted octanol–water partition coefficient (Wildman–Crippen LogP) is 3.49. The Balaban J connectivity index is 1.38. The van der Waals surface area contributed by atoms with Crippen LogP contribution in [-0.2, 0) is 24.4 Å². The lowest BCUT2D eigenvalue weighted by molar-refractivity contribution is 0.0341. The van der Waals surface area contributed by atoms with Gasteiger partial charge in [0.15, 0.2) is 5.96 Å². The first-order chi connectivity index (χ1) is 15.3. The first-order valence-electron chi connectivity index (χ1n) is 10.7. The summed E-state index contributed by atoms with van der Waals surface area (Å²) >= 11 is 1.62. The number of aromatic nitrogens is 1. The van der Waals surface area contributed by atoms with Crippen molar-refractivity contribution in [2.75, 3.05) is 32.8 Å². The third-order valence-corrected chi connectivity index (χ3v) is 5.95. The quantitative estimate of drug-likeness (QED) is 0.413. The molecule has 0 radical (unpaired) electrons. The molecule has 31 heavy (non-hydrogen) atoms. The Morgan fingerprint density at radius 2 is 1.97 bits per heavy atom. The van der Waals surface area contributed by atoms with Crippen molar-refractivity contribution >= 4 is 17.3 Å². The number of hydrogen-bond acceptors (Lipinski definition) is 6. The van der Waals surface area contributed by atoms with Crippen molar-refractivity contribution in [3.8, 4) is 10.8 Å². The highest BCUT2D eigenvalue weighted by atomic mass is 32.1. The minimum Gasteiger partial charge on any atom is -0.443 e. The number of morpholine rings is 1. The Hall–Kier alpha value is -2.68. The lowest BCUT2D eigenvalue weighted by Crippen LogP contribution is -2.37. The van der Waals surface area contributed by atoms with Crippen LogP contribution in [0.25, 0.3) is 10.8 Å². The Kier molecular flexibility index (Phi) is 7.71. The van der Waals surface area contributed by atoms with Crippen LogP contribution < -0.4 is 10.6 Å². The summed E-state index contributed by atoms with van der Waals surface area (Å²) in [5.41, 5.74) is 3.41. The lowest BCUT2D eigenvalue weighted by Gasteiger charge is -2.27. The second-order valence-corrected chi connectivity index (χ2v) is 8.27. The molecule has 1 aliphatic rings. The number of hydrogen-bond donors (Lipinski definition) is 2. The molecule has 3 aromatic rings. The van der Waals surface area contributed by atoms with Gasteiger partial charge in [0.2, 0.25) is 5.89 Å². The van der Waals surface area contributed by atoms with E-state index < -0.39 is 0 Å². The van der Waals surface area contributed by atoms with E-state index >= 15 is 0 Å². The van der Waals surface area contributed by atoms with Gasteiger partial charge >= 0.3 is 0 Å². The van der Waals surface area contributed by atoms with Crippen molar-refractivity contribution in [1.29, 1.82) is 0 Å². The van der Waals surface area contributed by atoms with Gasteiger partial charge in [0.25, 0.3) is 0 Å². The smallest absolute Gasteiger partial charge is 0.236 e. The highest BCUT2D eigenvalue weighted by Crippen LogP contribution is 2.23. The largest absolute Gasteiger partial charge is 0.443 e. The summed E-state index contributed by atoms with van der Waals surface area (Å²) in [5, 5.41) is 8.69. The highest BCUT2D eigenvalue weighted by molar-refractivity contribution is 7.13. The molecule has 0 unspecified atom stereocenters. The van der Waals surface area contributed by atoms with E-state index in [1.54, 1.807) is 17.6 Å². The van der Waals surface area contributed by atoms with Gasteiger partial charge in [-0.15, -0.1) is 11.3 Å². The molecule has 8 heteroatoms. The average molecular weight is 440 g/mol. The number of aliphatic imine (C=N–C) groups is 1. The maximum absolute atomic E-state index is 5.60. The third-order valence-electron chi connectivity index (χ3n) is 5.09. The minimum atomic E-state index is 0.552. The van der Waals surface area contributed by atoms with Gasteiger partial charge in [0.05, 0.1) is 36.9 Å². The molecule has 0 spiro atoms. The van der Waals surface area contributed by atoms with Gasteiger partial charge in [0, 0.05) is 26.2 Å². The first-order valence-corrected chi connectivity index (χ1v) is 11.6. The third kappa shape index (κ3) is 6.16. The Labute approximate surface area is 187 Å². The molecule has 0 aliphatic carbocycles. The van der Waals surface area contributed by atoms with Gasteiger partial charge in [0.1, 0.15) is 6.26 Å². The SMILES string of the molecule is CCNC(=NCc1ccccc1CN1CCOCC1)NCc1coc(-c2cccs2)n1. The van der Waals surface area contributed by atoms with Crippen LogP contribution in [0.15, 0.2) is 57.5 Å². The van der Waals surface area contributed by atoms with E-state index in [0.717, 1.165) is 55.9 Å². The molecule has 1 aromatic carbocycles. The zero-order valence-corrected chi connectivity index (χ0v) is 18.7. The van der Waals surface area contributed by atoms with E-state index in [2.05, 4.69) is 51.7 Å². The Bertz CT molecular complexity index is 964. The van der Waals surface area contributed by atoms with Crippen molar-refractivity contribution in [2.45, 2.75) is 26.6 Å². The van der Waals surface area contributed by atoms with E-state index in [-0.39, 0.29) is 0 Å². The molecule has 3 heterocycles. The summed E-state index contributed by atoms with van der Waals surface area (Å²) in [4.78, 5) is 12.8. The summed E-state index contributed by atoms with van der Waals surface area (Å²) in [7, 11) is 0. The van der Waals surface area contributed by atoms with Crippen LogP contribution in [-0.4, -0.2) is 48.7 Å². The fourth-order valence-corrected chi connectivity index (χ4v) is 4.10. The molecule has 0 saturated carbocycles. The number of ether oxygens (including phenoxy) is 1. The summed E-state index contributed by atoms with van der Waals surface area (Å²) in [6, 6.07) is 12.5. The minimum absolute atomic E-state index is 0.552. The van der Waals surface area contributed by atoms with Crippen molar-refractivity contribution in [1.82, 2.24) is 20.5 Å². The average Bonchev–Trinajstić information content (AvgIpc) is 3.49. The first kappa shape index (κ1) is 21.5. The van der Waals surface area contributed by atoms with Gasteiger partial charge in [-0.3, -0.25) is 4.90 Å². The van der Waals surface area contributed by atoms with E-state index in [9.17, 15) is 0 Å². The Morgan fingerprint density at radius 3 is 2.74 bits per heavy atom. The molecule has 4 rings (SSSR count). The molecule has 2 N–H and O–H groups in total. The topological polar surface area (TPSA) is 74.9 Å². The Morgan fingerprint density at radius 1 is 1.13 bits per heavy atom. The number of nitrogens with one attached hydrogen (secondary N) is 2. The number of benzene rings is 1. The van der Waals surface area contributed by atoms with Crippen LogP contribution in [0, 0.1) is 0 Å². The van der Waals surface area contributed by atoms with E-state index in [1.807, 2.05) is 17.5 Å². The second-order valence-electron chi connectivity index (χ2n) is 7.33. The van der Waals surface area contributed by atoms with Crippen molar-refractivity contribution in [2.24, 2.45) is 4.99 Å². The summed E-state index contributed by atoms with van der Waals surface area (Å²) in [6.07, 6.45) is 1.70. The number of thiophene rings is 1. The zero-order chi connectivity index (χ0) is 21.3. The molecule has 0 atom stereocenters. The normalized spacial score (nSPS) is 15.2. The zero-order valence-electron chi connectivity index (χ0n) is 17.8. The number of nitrogens with zero attached hydrogens (tertiary/aromatic N) is 3. The number of guanidine groups is 1. The van der Waals surface area contributed by atoms with Gasteiger partial charge in [-0.2, -0.15) is 0 Å². The van der Waals surface area contributed by atoms with E-state index in [0.29, 0.717) is 19.0 Å². The lowest BCUT2D eigenvalue weighted by atomic mass is 10.1. The molecule has 1 saturated heterocycles. The van der Waals surface area contributed by atoms with Crippen LogP contribution >= 0.6 is 11.3 Å². The van der Waals surface area contributed by atoms with Crippen molar-refractivity contribution in [3.05, 3.63) is 64.9 Å². The maximum Gasteiger partial charge on any atom is 0.236 e. The fourth-order valence-electron chi connectivity index (χ4n) is 3.45. The number of rotatable bonds is 8. The molecular weight excluding hydrogens is 410 g/mol. The predicted molar refractivity (Wildman–Crippen MR) is 124 cm³/mol. The van der Waals surface area contributed by atoms with Gasteiger partial charge in [-0.1, -0.05) is 30.3 Å². The van der Waals surface area contributed by atoms with E-state index in [4.69, 9.17) is 14.1 Å². The second kappa shape index (κ2) is 11.1. The molecular formula is C23H29N5O2S. The molecule has 2 aromatic heterocycles. The van der Waals surface area contributed by atoms with Crippen LogP contribution in [0.2, 0.25) is 0 Å². The van der Waals surface area contributed by atoms with Crippen molar-refractivity contribution in [3.63, 3.8) is 0 Å². The number of oxazole rings is 1. The van der Waals surface area contributed by atoms with Crippen LogP contribution in [0.5, 0.6) is 0 Å². The monoisotopic (exact) mass is 439 g/mol. The summed E-state index contributed by atoms with van der Waals surface area (Å²) < 4.78 is 11.1. The molecule has 7 nitrogen and oxygen atoms in total. The van der Waals surface area contributed by atoms with E-state index in [1.165, 1.54) is 11.1 Å². The standard InChI is InChI=1S/C23H29N5O2S/c1-2-24-23(26-15-20-17-30-22(27-20)21-8-5-13-31-21)25-14-18-6-3-4-7-19(18)16-28-9-11-29-12-10-28/h3-8,13,17H,2,9-12,14-16H2,1H3,(H2,24,25,26). The maximum atomic E-state index is 5.60. The summed E-state index contributed by atoms with van der Waals surface area (Å²) in [6.45, 7) is 8.54. The molecule has 1 fully saturated rings. The fraction of sp³-hybridized carbons (Fsp3) is 0.391.